The van der Waals surface area contributed by atoms with E-state index in [1.54, 1.807) is 6.07 Å². The number of piperidine rings is 1. The van der Waals surface area contributed by atoms with Crippen LogP contribution in [0.25, 0.3) is 11.0 Å². The molecule has 2 fully saturated rings. The summed E-state index contributed by atoms with van der Waals surface area (Å²) in [6.07, 6.45) is 7.23. The second-order valence-corrected chi connectivity index (χ2v) is 6.51. The summed E-state index contributed by atoms with van der Waals surface area (Å²) >= 11 is 0. The fourth-order valence-corrected chi connectivity index (χ4v) is 3.54. The average molecular weight is 287 g/mol. The van der Waals surface area contributed by atoms with Crippen LogP contribution in [0.2, 0.25) is 0 Å². The van der Waals surface area contributed by atoms with Crippen LogP contribution in [0.5, 0.6) is 0 Å². The molecule has 4 heteroatoms. The number of hydrogen-bond acceptors (Lipinski definition) is 2. The van der Waals surface area contributed by atoms with E-state index in [4.69, 9.17) is 4.98 Å². The van der Waals surface area contributed by atoms with Crippen LogP contribution in [-0.2, 0) is 6.42 Å². The zero-order chi connectivity index (χ0) is 14.2. The normalized spacial score (nSPS) is 22.8. The highest BCUT2D eigenvalue weighted by molar-refractivity contribution is 5.76. The third-order valence-electron chi connectivity index (χ3n) is 4.81. The summed E-state index contributed by atoms with van der Waals surface area (Å²) in [5, 5.41) is 3.48. The van der Waals surface area contributed by atoms with Crippen LogP contribution in [0.4, 0.5) is 4.39 Å². The van der Waals surface area contributed by atoms with E-state index in [0.29, 0.717) is 6.04 Å². The van der Waals surface area contributed by atoms with Crippen molar-refractivity contribution in [1.29, 1.82) is 0 Å². The predicted molar refractivity (Wildman–Crippen MR) is 81.9 cm³/mol. The zero-order valence-corrected chi connectivity index (χ0v) is 12.3. The molecular weight excluding hydrogens is 265 g/mol. The Morgan fingerprint density at radius 1 is 1.29 bits per heavy atom. The Bertz CT molecular complexity index is 639. The highest BCUT2D eigenvalue weighted by Gasteiger charge is 2.28. The van der Waals surface area contributed by atoms with Gasteiger partial charge in [-0.25, -0.2) is 9.37 Å². The maximum absolute atomic E-state index is 13.5. The molecule has 0 amide bonds. The second kappa shape index (κ2) is 5.41. The summed E-state index contributed by atoms with van der Waals surface area (Å²) in [7, 11) is 0. The smallest absolute Gasteiger partial charge is 0.125 e. The van der Waals surface area contributed by atoms with Gasteiger partial charge in [0.05, 0.1) is 11.0 Å². The van der Waals surface area contributed by atoms with Crippen LogP contribution >= 0.6 is 0 Å². The van der Waals surface area contributed by atoms with Crippen molar-refractivity contribution < 1.29 is 4.39 Å². The van der Waals surface area contributed by atoms with Crippen LogP contribution in [0.15, 0.2) is 18.2 Å². The lowest BCUT2D eigenvalue weighted by atomic mass is 9.94. The quantitative estimate of drug-likeness (QED) is 0.933. The standard InChI is InChI=1S/C17H22FN3/c18-13-4-7-15-16(10-13)21(14-5-6-14)17(20-15)8-3-12-2-1-9-19-11-12/h4,7,10,12,14,19H,1-3,5-6,8-9,11H2. The first-order valence-corrected chi connectivity index (χ1v) is 8.18. The van der Waals surface area contributed by atoms with Crippen LogP contribution in [0, 0.1) is 11.7 Å². The summed E-state index contributed by atoms with van der Waals surface area (Å²) in [5.74, 6) is 1.76. The Hall–Kier alpha value is -1.42. The highest BCUT2D eigenvalue weighted by Crippen LogP contribution is 2.39. The summed E-state index contributed by atoms with van der Waals surface area (Å²) in [6.45, 7) is 2.30. The molecular formula is C17H22FN3. The molecule has 3 nitrogen and oxygen atoms in total. The van der Waals surface area contributed by atoms with Gasteiger partial charge in [-0.15, -0.1) is 0 Å². The molecule has 1 N–H and O–H groups in total. The molecule has 1 aromatic carbocycles. The number of aryl methyl sites for hydroxylation is 1. The molecule has 2 heterocycles. The summed E-state index contributed by atoms with van der Waals surface area (Å²) in [5.41, 5.74) is 1.93. The van der Waals surface area contributed by atoms with Gasteiger partial charge in [-0.3, -0.25) is 0 Å². The van der Waals surface area contributed by atoms with E-state index in [1.807, 2.05) is 6.07 Å². The van der Waals surface area contributed by atoms with Gasteiger partial charge < -0.3 is 9.88 Å². The first kappa shape index (κ1) is 13.3. The fourth-order valence-electron chi connectivity index (χ4n) is 3.54. The summed E-state index contributed by atoms with van der Waals surface area (Å²) in [6, 6.07) is 5.53. The molecule has 0 radical (unpaired) electrons. The minimum atomic E-state index is -0.160. The van der Waals surface area contributed by atoms with Crippen LogP contribution in [0.3, 0.4) is 0 Å². The van der Waals surface area contributed by atoms with Crippen molar-refractivity contribution >= 4 is 11.0 Å². The van der Waals surface area contributed by atoms with E-state index in [9.17, 15) is 4.39 Å². The fraction of sp³-hybridized carbons (Fsp3) is 0.588. The molecule has 1 saturated heterocycles. The maximum Gasteiger partial charge on any atom is 0.125 e. The van der Waals surface area contributed by atoms with E-state index in [1.165, 1.54) is 38.2 Å². The van der Waals surface area contributed by atoms with Crippen molar-refractivity contribution in [3.8, 4) is 0 Å². The Kier molecular flexibility index (Phi) is 3.42. The van der Waals surface area contributed by atoms with Crippen molar-refractivity contribution in [3.63, 3.8) is 0 Å². The van der Waals surface area contributed by atoms with Gasteiger partial charge in [0.15, 0.2) is 0 Å². The van der Waals surface area contributed by atoms with E-state index < -0.39 is 0 Å². The lowest BCUT2D eigenvalue weighted by molar-refractivity contribution is 0.354. The van der Waals surface area contributed by atoms with E-state index >= 15 is 0 Å². The van der Waals surface area contributed by atoms with E-state index in [2.05, 4.69) is 9.88 Å². The topological polar surface area (TPSA) is 29.9 Å². The maximum atomic E-state index is 13.5. The molecule has 2 aromatic rings. The van der Waals surface area contributed by atoms with E-state index in [0.717, 1.165) is 42.3 Å². The van der Waals surface area contributed by atoms with Crippen molar-refractivity contribution in [3.05, 3.63) is 29.8 Å². The molecule has 0 bridgehead atoms. The van der Waals surface area contributed by atoms with Gasteiger partial charge in [0.1, 0.15) is 11.6 Å². The average Bonchev–Trinajstić information content (AvgIpc) is 3.28. The summed E-state index contributed by atoms with van der Waals surface area (Å²) in [4.78, 5) is 4.78. The number of fused-ring (bicyclic) bond motifs is 1. The van der Waals surface area contributed by atoms with Gasteiger partial charge in [-0.2, -0.15) is 0 Å². The lowest BCUT2D eigenvalue weighted by Gasteiger charge is -2.22. The molecule has 0 spiro atoms. The Morgan fingerprint density at radius 2 is 2.19 bits per heavy atom. The third kappa shape index (κ3) is 2.69. The number of rotatable bonds is 4. The molecule has 2 aliphatic rings. The number of halogens is 1. The highest BCUT2D eigenvalue weighted by atomic mass is 19.1. The van der Waals surface area contributed by atoms with E-state index in [-0.39, 0.29) is 5.82 Å². The molecule has 4 rings (SSSR count). The van der Waals surface area contributed by atoms with Crippen molar-refractivity contribution in [2.75, 3.05) is 13.1 Å². The van der Waals surface area contributed by atoms with Gasteiger partial charge >= 0.3 is 0 Å². The minimum Gasteiger partial charge on any atom is -0.325 e. The predicted octanol–water partition coefficient (Wildman–Crippen LogP) is 3.44. The molecule has 1 atom stereocenters. The van der Waals surface area contributed by atoms with Crippen molar-refractivity contribution in [2.24, 2.45) is 5.92 Å². The lowest BCUT2D eigenvalue weighted by Crippen LogP contribution is -2.30. The molecule has 21 heavy (non-hydrogen) atoms. The number of aromatic nitrogens is 2. The first-order chi connectivity index (χ1) is 10.3. The number of imidazole rings is 1. The molecule has 1 saturated carbocycles. The SMILES string of the molecule is Fc1ccc2nc(CCC3CCCNC3)n(C3CC3)c2c1. The van der Waals surface area contributed by atoms with Gasteiger partial charge in [-0.05, 0) is 69.3 Å². The second-order valence-electron chi connectivity index (χ2n) is 6.51. The number of nitrogens with one attached hydrogen (secondary N) is 1. The molecule has 1 aliphatic heterocycles. The van der Waals surface area contributed by atoms with Gasteiger partial charge in [0.2, 0.25) is 0 Å². The van der Waals surface area contributed by atoms with Crippen LogP contribution < -0.4 is 5.32 Å². The monoisotopic (exact) mass is 287 g/mol. The molecule has 1 aromatic heterocycles. The molecule has 112 valence electrons. The number of benzene rings is 1. The molecule has 1 aliphatic carbocycles. The van der Waals surface area contributed by atoms with Gasteiger partial charge in [-0.1, -0.05) is 0 Å². The van der Waals surface area contributed by atoms with Gasteiger partial charge in [0, 0.05) is 12.5 Å². The largest absolute Gasteiger partial charge is 0.325 e. The number of hydrogen-bond donors (Lipinski definition) is 1. The van der Waals surface area contributed by atoms with Crippen LogP contribution in [-0.4, -0.2) is 22.6 Å². The third-order valence-corrected chi connectivity index (χ3v) is 4.81. The Labute approximate surface area is 124 Å². The zero-order valence-electron chi connectivity index (χ0n) is 12.3. The minimum absolute atomic E-state index is 0.160. The van der Waals surface area contributed by atoms with Crippen molar-refractivity contribution in [1.82, 2.24) is 14.9 Å². The Balaban J connectivity index is 1.59. The van der Waals surface area contributed by atoms with Gasteiger partial charge in [0.25, 0.3) is 0 Å². The van der Waals surface area contributed by atoms with Crippen molar-refractivity contribution in [2.45, 2.75) is 44.6 Å². The summed E-state index contributed by atoms with van der Waals surface area (Å²) < 4.78 is 15.8. The molecule has 1 unspecified atom stereocenters. The Morgan fingerprint density at radius 3 is 2.95 bits per heavy atom. The number of nitrogens with zero attached hydrogens (tertiary/aromatic N) is 2. The first-order valence-electron chi connectivity index (χ1n) is 8.18. The van der Waals surface area contributed by atoms with Crippen LogP contribution in [0.1, 0.15) is 44.0 Å².